The molecular formula is C19H16FN3O3S. The van der Waals surface area contributed by atoms with Crippen molar-refractivity contribution in [2.45, 2.75) is 6.42 Å². The Kier molecular flexibility index (Phi) is 5.77. The van der Waals surface area contributed by atoms with Crippen LogP contribution in [0.1, 0.15) is 16.1 Å². The van der Waals surface area contributed by atoms with E-state index in [1.54, 1.807) is 36.8 Å². The lowest BCUT2D eigenvalue weighted by atomic mass is 10.2. The number of ether oxygens (including phenoxy) is 1. The lowest BCUT2D eigenvalue weighted by Gasteiger charge is -2.05. The Hall–Kier alpha value is -3.26. The summed E-state index contributed by atoms with van der Waals surface area (Å²) < 4.78 is 18.0. The maximum Gasteiger partial charge on any atom is 0.257 e. The Morgan fingerprint density at radius 3 is 2.44 bits per heavy atom. The number of methoxy groups -OCH3 is 1. The van der Waals surface area contributed by atoms with Crippen molar-refractivity contribution >= 4 is 34.0 Å². The predicted molar refractivity (Wildman–Crippen MR) is 102 cm³/mol. The molecule has 0 aliphatic carbocycles. The molecule has 0 saturated heterocycles. The molecule has 2 N–H and O–H groups in total. The van der Waals surface area contributed by atoms with Gasteiger partial charge in [0.1, 0.15) is 11.6 Å². The second-order valence-electron chi connectivity index (χ2n) is 5.56. The van der Waals surface area contributed by atoms with Crippen molar-refractivity contribution in [3.8, 4) is 5.75 Å². The Bertz CT molecular complexity index is 940. The first kappa shape index (κ1) is 18.5. The number of halogens is 1. The highest BCUT2D eigenvalue weighted by Gasteiger charge is 2.11. The SMILES string of the molecule is COc1ccc(NC(=O)Cc2csc(NC(=O)c3ccc(F)cc3)n2)cc1. The molecule has 0 aliphatic heterocycles. The van der Waals surface area contributed by atoms with E-state index in [0.29, 0.717) is 27.8 Å². The Labute approximate surface area is 159 Å². The molecule has 1 aromatic heterocycles. The van der Waals surface area contributed by atoms with Gasteiger partial charge in [0.25, 0.3) is 5.91 Å². The van der Waals surface area contributed by atoms with Gasteiger partial charge in [-0.2, -0.15) is 0 Å². The third-order valence-electron chi connectivity index (χ3n) is 3.59. The van der Waals surface area contributed by atoms with E-state index in [4.69, 9.17) is 4.74 Å². The Morgan fingerprint density at radius 2 is 1.78 bits per heavy atom. The van der Waals surface area contributed by atoms with Gasteiger partial charge in [0.2, 0.25) is 5.91 Å². The van der Waals surface area contributed by atoms with Crippen LogP contribution in [0.15, 0.2) is 53.9 Å². The highest BCUT2D eigenvalue weighted by Crippen LogP contribution is 2.18. The minimum absolute atomic E-state index is 0.0783. The zero-order valence-electron chi connectivity index (χ0n) is 14.4. The summed E-state index contributed by atoms with van der Waals surface area (Å²) in [6.07, 6.45) is 0.0783. The number of amides is 2. The molecule has 3 rings (SSSR count). The minimum Gasteiger partial charge on any atom is -0.497 e. The van der Waals surface area contributed by atoms with Crippen LogP contribution in [0.2, 0.25) is 0 Å². The van der Waals surface area contributed by atoms with Crippen LogP contribution in [0, 0.1) is 5.82 Å². The molecule has 27 heavy (non-hydrogen) atoms. The molecule has 1 heterocycles. The topological polar surface area (TPSA) is 80.3 Å². The number of hydrogen-bond acceptors (Lipinski definition) is 5. The van der Waals surface area contributed by atoms with E-state index in [1.165, 1.54) is 35.6 Å². The summed E-state index contributed by atoms with van der Waals surface area (Å²) >= 11 is 1.22. The molecule has 0 atom stereocenters. The quantitative estimate of drug-likeness (QED) is 0.678. The van der Waals surface area contributed by atoms with E-state index in [9.17, 15) is 14.0 Å². The first-order chi connectivity index (χ1) is 13.0. The fraction of sp³-hybridized carbons (Fsp3) is 0.105. The third-order valence-corrected chi connectivity index (χ3v) is 4.40. The molecule has 3 aromatic rings. The summed E-state index contributed by atoms with van der Waals surface area (Å²) in [7, 11) is 1.57. The molecule has 8 heteroatoms. The average Bonchev–Trinajstić information content (AvgIpc) is 3.09. The fourth-order valence-corrected chi connectivity index (χ4v) is 2.97. The van der Waals surface area contributed by atoms with Crippen molar-refractivity contribution in [1.29, 1.82) is 0 Å². The number of thiazole rings is 1. The van der Waals surface area contributed by atoms with Gasteiger partial charge in [-0.15, -0.1) is 11.3 Å². The number of carbonyl (C=O) groups is 2. The molecule has 2 aromatic carbocycles. The van der Waals surface area contributed by atoms with E-state index in [1.807, 2.05) is 0 Å². The van der Waals surface area contributed by atoms with Crippen LogP contribution < -0.4 is 15.4 Å². The fourth-order valence-electron chi connectivity index (χ4n) is 2.26. The van der Waals surface area contributed by atoms with E-state index in [-0.39, 0.29) is 12.3 Å². The average molecular weight is 385 g/mol. The molecule has 0 saturated carbocycles. The summed E-state index contributed by atoms with van der Waals surface area (Å²) in [5.74, 6) is -0.319. The van der Waals surface area contributed by atoms with Crippen LogP contribution in [0.5, 0.6) is 5.75 Å². The largest absolute Gasteiger partial charge is 0.497 e. The van der Waals surface area contributed by atoms with Crippen LogP contribution in [0.4, 0.5) is 15.2 Å². The number of aromatic nitrogens is 1. The van der Waals surface area contributed by atoms with E-state index in [2.05, 4.69) is 15.6 Å². The molecule has 0 aliphatic rings. The molecule has 0 radical (unpaired) electrons. The van der Waals surface area contributed by atoms with Gasteiger partial charge in [-0.05, 0) is 48.5 Å². The van der Waals surface area contributed by atoms with Gasteiger partial charge in [-0.25, -0.2) is 9.37 Å². The molecule has 0 spiro atoms. The zero-order valence-corrected chi connectivity index (χ0v) is 15.2. The second kappa shape index (κ2) is 8.41. The number of nitrogens with zero attached hydrogens (tertiary/aromatic N) is 1. The monoisotopic (exact) mass is 385 g/mol. The van der Waals surface area contributed by atoms with Gasteiger partial charge in [-0.1, -0.05) is 0 Å². The summed E-state index contributed by atoms with van der Waals surface area (Å²) in [5.41, 5.74) is 1.52. The lowest BCUT2D eigenvalue weighted by molar-refractivity contribution is -0.115. The molecular weight excluding hydrogens is 369 g/mol. The van der Waals surface area contributed by atoms with Gasteiger partial charge in [-0.3, -0.25) is 14.9 Å². The number of rotatable bonds is 6. The van der Waals surface area contributed by atoms with Crippen molar-refractivity contribution in [1.82, 2.24) is 4.98 Å². The van der Waals surface area contributed by atoms with E-state index < -0.39 is 11.7 Å². The number of carbonyl (C=O) groups excluding carboxylic acids is 2. The van der Waals surface area contributed by atoms with Gasteiger partial charge >= 0.3 is 0 Å². The number of hydrogen-bond donors (Lipinski definition) is 2. The summed E-state index contributed by atoms with van der Waals surface area (Å²) in [6, 6.07) is 12.2. The summed E-state index contributed by atoms with van der Waals surface area (Å²) in [5, 5.41) is 7.48. The summed E-state index contributed by atoms with van der Waals surface area (Å²) in [6.45, 7) is 0. The minimum atomic E-state index is -0.411. The van der Waals surface area contributed by atoms with Crippen molar-refractivity contribution in [3.63, 3.8) is 0 Å². The number of benzene rings is 2. The Balaban J connectivity index is 1.55. The maximum atomic E-state index is 12.9. The highest BCUT2D eigenvalue weighted by molar-refractivity contribution is 7.14. The van der Waals surface area contributed by atoms with Gasteiger partial charge in [0.15, 0.2) is 5.13 Å². The van der Waals surface area contributed by atoms with Crippen LogP contribution in [-0.4, -0.2) is 23.9 Å². The van der Waals surface area contributed by atoms with Crippen LogP contribution in [0.3, 0.4) is 0 Å². The van der Waals surface area contributed by atoms with Crippen molar-refractivity contribution < 1.29 is 18.7 Å². The van der Waals surface area contributed by atoms with Gasteiger partial charge in [0.05, 0.1) is 19.2 Å². The first-order valence-corrected chi connectivity index (χ1v) is 8.86. The Morgan fingerprint density at radius 1 is 1.07 bits per heavy atom. The molecule has 0 fully saturated rings. The normalized spacial score (nSPS) is 10.3. The molecule has 138 valence electrons. The number of nitrogens with one attached hydrogen (secondary N) is 2. The molecule has 0 bridgehead atoms. The lowest BCUT2D eigenvalue weighted by Crippen LogP contribution is -2.15. The maximum absolute atomic E-state index is 12.9. The molecule has 6 nitrogen and oxygen atoms in total. The van der Waals surface area contributed by atoms with E-state index >= 15 is 0 Å². The second-order valence-corrected chi connectivity index (χ2v) is 6.42. The standard InChI is InChI=1S/C19H16FN3O3S/c1-26-16-8-6-14(7-9-16)21-17(24)10-15-11-27-19(22-15)23-18(25)12-2-4-13(20)5-3-12/h2-9,11H,10H2,1H3,(H,21,24)(H,22,23,25). The zero-order chi connectivity index (χ0) is 19.2. The van der Waals surface area contributed by atoms with Crippen molar-refractivity contribution in [3.05, 3.63) is 71.0 Å². The van der Waals surface area contributed by atoms with Gasteiger partial charge < -0.3 is 10.1 Å². The molecule has 2 amide bonds. The van der Waals surface area contributed by atoms with Gasteiger partial charge in [0, 0.05) is 16.6 Å². The van der Waals surface area contributed by atoms with Crippen molar-refractivity contribution in [2.24, 2.45) is 0 Å². The number of anilines is 2. The summed E-state index contributed by atoms with van der Waals surface area (Å²) in [4.78, 5) is 28.4. The highest BCUT2D eigenvalue weighted by atomic mass is 32.1. The van der Waals surface area contributed by atoms with Crippen molar-refractivity contribution in [2.75, 3.05) is 17.7 Å². The smallest absolute Gasteiger partial charge is 0.257 e. The predicted octanol–water partition coefficient (Wildman–Crippen LogP) is 3.72. The third kappa shape index (κ3) is 5.11. The molecule has 0 unspecified atom stereocenters. The first-order valence-electron chi connectivity index (χ1n) is 7.99. The van der Waals surface area contributed by atoms with Crippen LogP contribution in [-0.2, 0) is 11.2 Å². The van der Waals surface area contributed by atoms with Crippen LogP contribution >= 0.6 is 11.3 Å². The van der Waals surface area contributed by atoms with Crippen LogP contribution in [0.25, 0.3) is 0 Å². The van der Waals surface area contributed by atoms with E-state index in [0.717, 1.165) is 0 Å².